The number of halogens is 1. The number of piperidine rings is 1. The average Bonchev–Trinajstić information content (AvgIpc) is 3.13. The van der Waals surface area contributed by atoms with Crippen LogP contribution in [0.2, 0.25) is 0 Å². The van der Waals surface area contributed by atoms with E-state index in [-0.39, 0.29) is 29.1 Å². The number of amides is 1. The van der Waals surface area contributed by atoms with Gasteiger partial charge in [-0.1, -0.05) is 18.2 Å². The summed E-state index contributed by atoms with van der Waals surface area (Å²) in [7, 11) is 0. The zero-order valence-corrected chi connectivity index (χ0v) is 11.8. The molecule has 1 aliphatic carbocycles. The quantitative estimate of drug-likeness (QED) is 0.890. The monoisotopic (exact) mass is 276 g/mol. The number of nitrogens with one attached hydrogen (secondary N) is 2. The molecular weight excluding hydrogens is 255 g/mol. The molecule has 3 nitrogen and oxygen atoms in total. The molecule has 0 aromatic heterocycles. The SMILES string of the molecule is CC(NC(=O)C1CC12CCNCC2)c1ccccc1F. The van der Waals surface area contributed by atoms with E-state index < -0.39 is 0 Å². The number of rotatable bonds is 3. The smallest absolute Gasteiger partial charge is 0.224 e. The second-order valence-electron chi connectivity index (χ2n) is 6.12. The Balaban J connectivity index is 1.61. The Morgan fingerprint density at radius 1 is 1.40 bits per heavy atom. The van der Waals surface area contributed by atoms with Gasteiger partial charge in [0.15, 0.2) is 0 Å². The molecule has 108 valence electrons. The maximum Gasteiger partial charge on any atom is 0.224 e. The van der Waals surface area contributed by atoms with Crippen LogP contribution in [-0.2, 0) is 4.79 Å². The van der Waals surface area contributed by atoms with Gasteiger partial charge in [-0.3, -0.25) is 4.79 Å². The Morgan fingerprint density at radius 2 is 2.10 bits per heavy atom. The lowest BCUT2D eigenvalue weighted by Gasteiger charge is -2.24. The summed E-state index contributed by atoms with van der Waals surface area (Å²) in [6, 6.07) is 6.35. The van der Waals surface area contributed by atoms with Gasteiger partial charge in [0.25, 0.3) is 0 Å². The molecule has 1 aliphatic heterocycles. The Labute approximate surface area is 118 Å². The number of benzene rings is 1. The molecule has 1 heterocycles. The van der Waals surface area contributed by atoms with E-state index in [9.17, 15) is 9.18 Å². The van der Waals surface area contributed by atoms with Crippen LogP contribution in [0.1, 0.15) is 37.8 Å². The number of hydrogen-bond donors (Lipinski definition) is 2. The highest BCUT2D eigenvalue weighted by molar-refractivity contribution is 5.83. The van der Waals surface area contributed by atoms with Crippen LogP contribution in [0.4, 0.5) is 4.39 Å². The predicted molar refractivity (Wildman–Crippen MR) is 75.6 cm³/mol. The fourth-order valence-electron chi connectivity index (χ4n) is 3.41. The van der Waals surface area contributed by atoms with E-state index in [1.807, 2.05) is 6.92 Å². The molecule has 1 spiro atoms. The molecule has 3 rings (SSSR count). The zero-order valence-electron chi connectivity index (χ0n) is 11.8. The van der Waals surface area contributed by atoms with Gasteiger partial charge in [-0.05, 0) is 50.8 Å². The Hall–Kier alpha value is -1.42. The molecule has 1 saturated heterocycles. The molecule has 4 heteroatoms. The van der Waals surface area contributed by atoms with E-state index in [0.29, 0.717) is 5.56 Å². The van der Waals surface area contributed by atoms with E-state index in [1.54, 1.807) is 18.2 Å². The van der Waals surface area contributed by atoms with Gasteiger partial charge < -0.3 is 10.6 Å². The molecule has 1 saturated carbocycles. The largest absolute Gasteiger partial charge is 0.349 e. The Kier molecular flexibility index (Phi) is 3.50. The topological polar surface area (TPSA) is 41.1 Å². The van der Waals surface area contributed by atoms with Gasteiger partial charge in [0, 0.05) is 11.5 Å². The van der Waals surface area contributed by atoms with Gasteiger partial charge in [-0.2, -0.15) is 0 Å². The minimum Gasteiger partial charge on any atom is -0.349 e. The van der Waals surface area contributed by atoms with Crippen molar-refractivity contribution in [3.63, 3.8) is 0 Å². The fourth-order valence-corrected chi connectivity index (χ4v) is 3.41. The van der Waals surface area contributed by atoms with Crippen molar-refractivity contribution in [1.82, 2.24) is 10.6 Å². The summed E-state index contributed by atoms with van der Waals surface area (Å²) in [5.74, 6) is -0.0471. The summed E-state index contributed by atoms with van der Waals surface area (Å²) in [6.45, 7) is 3.85. The molecule has 2 aliphatic rings. The third kappa shape index (κ3) is 2.44. The van der Waals surface area contributed by atoms with E-state index in [0.717, 1.165) is 32.4 Å². The van der Waals surface area contributed by atoms with Crippen molar-refractivity contribution in [1.29, 1.82) is 0 Å². The summed E-state index contributed by atoms with van der Waals surface area (Å²) in [4.78, 5) is 12.3. The van der Waals surface area contributed by atoms with Crippen LogP contribution < -0.4 is 10.6 Å². The van der Waals surface area contributed by atoms with Crippen LogP contribution >= 0.6 is 0 Å². The van der Waals surface area contributed by atoms with Crippen molar-refractivity contribution in [3.8, 4) is 0 Å². The standard InChI is InChI=1S/C16H21FN2O/c1-11(12-4-2-3-5-14(12)17)19-15(20)13-10-16(13)6-8-18-9-7-16/h2-5,11,13,18H,6-10H2,1H3,(H,19,20). The number of carbonyl (C=O) groups excluding carboxylic acids is 1. The molecule has 0 bridgehead atoms. The minimum atomic E-state index is -0.275. The van der Waals surface area contributed by atoms with Crippen LogP contribution in [0.25, 0.3) is 0 Å². The van der Waals surface area contributed by atoms with Crippen molar-refractivity contribution in [2.45, 2.75) is 32.2 Å². The third-order valence-corrected chi connectivity index (χ3v) is 4.84. The van der Waals surface area contributed by atoms with Gasteiger partial charge in [0.2, 0.25) is 5.91 Å². The molecule has 1 amide bonds. The second-order valence-corrected chi connectivity index (χ2v) is 6.12. The van der Waals surface area contributed by atoms with E-state index >= 15 is 0 Å². The molecule has 2 fully saturated rings. The fraction of sp³-hybridized carbons (Fsp3) is 0.562. The molecule has 1 aromatic carbocycles. The van der Waals surface area contributed by atoms with Gasteiger partial charge in [-0.25, -0.2) is 4.39 Å². The first-order valence-electron chi connectivity index (χ1n) is 7.38. The predicted octanol–water partition coefficient (Wildman–Crippen LogP) is 2.39. The summed E-state index contributed by atoms with van der Waals surface area (Å²) in [5.41, 5.74) is 0.783. The second kappa shape index (κ2) is 5.17. The number of carbonyl (C=O) groups is 1. The first-order chi connectivity index (χ1) is 9.62. The van der Waals surface area contributed by atoms with Crippen molar-refractivity contribution >= 4 is 5.91 Å². The molecule has 0 radical (unpaired) electrons. The van der Waals surface area contributed by atoms with Gasteiger partial charge in [0.1, 0.15) is 5.82 Å². The van der Waals surface area contributed by atoms with Crippen molar-refractivity contribution in [2.24, 2.45) is 11.3 Å². The maximum absolute atomic E-state index is 13.7. The lowest BCUT2D eigenvalue weighted by molar-refractivity contribution is -0.123. The molecule has 2 N–H and O–H groups in total. The average molecular weight is 276 g/mol. The highest BCUT2D eigenvalue weighted by Gasteiger charge is 2.57. The van der Waals surface area contributed by atoms with Crippen LogP contribution in [-0.4, -0.2) is 19.0 Å². The molecule has 2 atom stereocenters. The highest BCUT2D eigenvalue weighted by Crippen LogP contribution is 2.58. The lowest BCUT2D eigenvalue weighted by atomic mass is 9.91. The van der Waals surface area contributed by atoms with Crippen molar-refractivity contribution in [3.05, 3.63) is 35.6 Å². The molecular formula is C16H21FN2O. The third-order valence-electron chi connectivity index (χ3n) is 4.84. The van der Waals surface area contributed by atoms with Gasteiger partial charge >= 0.3 is 0 Å². The summed E-state index contributed by atoms with van der Waals surface area (Å²) < 4.78 is 13.7. The molecule has 2 unspecified atom stereocenters. The normalized spacial score (nSPS) is 25.2. The van der Waals surface area contributed by atoms with E-state index in [1.165, 1.54) is 6.07 Å². The van der Waals surface area contributed by atoms with Gasteiger partial charge in [-0.15, -0.1) is 0 Å². The maximum atomic E-state index is 13.7. The van der Waals surface area contributed by atoms with Crippen LogP contribution in [0.3, 0.4) is 0 Å². The summed E-state index contributed by atoms with van der Waals surface area (Å²) in [6.07, 6.45) is 3.16. The summed E-state index contributed by atoms with van der Waals surface area (Å²) >= 11 is 0. The molecule has 20 heavy (non-hydrogen) atoms. The number of hydrogen-bond acceptors (Lipinski definition) is 2. The lowest BCUT2D eigenvalue weighted by Crippen LogP contribution is -2.34. The van der Waals surface area contributed by atoms with Crippen LogP contribution in [0.15, 0.2) is 24.3 Å². The van der Waals surface area contributed by atoms with Gasteiger partial charge in [0.05, 0.1) is 6.04 Å². The molecule has 1 aromatic rings. The Bertz CT molecular complexity index is 511. The first-order valence-corrected chi connectivity index (χ1v) is 7.38. The van der Waals surface area contributed by atoms with Crippen LogP contribution in [0, 0.1) is 17.2 Å². The minimum absolute atomic E-state index is 0.0858. The van der Waals surface area contributed by atoms with E-state index in [4.69, 9.17) is 0 Å². The highest BCUT2D eigenvalue weighted by atomic mass is 19.1. The Morgan fingerprint density at radius 3 is 2.80 bits per heavy atom. The first kappa shape index (κ1) is 13.6. The summed E-state index contributed by atoms with van der Waals surface area (Å²) in [5, 5.41) is 6.30. The van der Waals surface area contributed by atoms with Crippen LogP contribution in [0.5, 0.6) is 0 Å². The zero-order chi connectivity index (χ0) is 14.2. The van der Waals surface area contributed by atoms with E-state index in [2.05, 4.69) is 10.6 Å². The van der Waals surface area contributed by atoms with Crippen molar-refractivity contribution in [2.75, 3.05) is 13.1 Å². The van der Waals surface area contributed by atoms with Crippen molar-refractivity contribution < 1.29 is 9.18 Å².